The van der Waals surface area contributed by atoms with Crippen LogP contribution in [0, 0.1) is 0 Å². The highest BCUT2D eigenvalue weighted by molar-refractivity contribution is 7.15. The van der Waals surface area contributed by atoms with Gasteiger partial charge in [-0.25, -0.2) is 4.79 Å². The maximum absolute atomic E-state index is 12.3. The summed E-state index contributed by atoms with van der Waals surface area (Å²) in [6.07, 6.45) is 4.27. The van der Waals surface area contributed by atoms with Gasteiger partial charge in [-0.15, -0.1) is 11.3 Å². The van der Waals surface area contributed by atoms with Gasteiger partial charge in [-0.3, -0.25) is 9.59 Å². The number of amides is 2. The Balaban J connectivity index is 1.50. The largest absolute Gasteiger partial charge is 0.462 e. The highest BCUT2D eigenvalue weighted by Crippen LogP contribution is 2.46. The number of carbonyl (C=O) groups is 3. The van der Waals surface area contributed by atoms with E-state index in [1.807, 2.05) is 5.38 Å². The van der Waals surface area contributed by atoms with E-state index in [1.165, 1.54) is 17.6 Å². The summed E-state index contributed by atoms with van der Waals surface area (Å²) in [5, 5.41) is 7.99. The van der Waals surface area contributed by atoms with Crippen LogP contribution in [0.2, 0.25) is 0 Å². The first-order chi connectivity index (χ1) is 13.1. The molecule has 2 heterocycles. The van der Waals surface area contributed by atoms with E-state index < -0.39 is 0 Å². The van der Waals surface area contributed by atoms with Crippen LogP contribution in [0.1, 0.15) is 65.0 Å². The number of hydrogen-bond donors (Lipinski definition) is 2. The summed E-state index contributed by atoms with van der Waals surface area (Å²) < 4.78 is 10.1. The van der Waals surface area contributed by atoms with Crippen molar-refractivity contribution in [1.82, 2.24) is 5.32 Å². The Morgan fingerprint density at radius 2 is 2.15 bits per heavy atom. The maximum atomic E-state index is 12.3. The van der Waals surface area contributed by atoms with Crippen LogP contribution in [0.5, 0.6) is 0 Å². The quantitative estimate of drug-likeness (QED) is 0.504. The van der Waals surface area contributed by atoms with E-state index in [-0.39, 0.29) is 30.0 Å². The minimum atomic E-state index is -0.387. The monoisotopic (exact) mass is 390 g/mol. The van der Waals surface area contributed by atoms with Gasteiger partial charge in [0, 0.05) is 13.0 Å². The zero-order chi connectivity index (χ0) is 19.2. The molecule has 0 spiro atoms. The Bertz CT molecular complexity index is 808. The zero-order valence-electron chi connectivity index (χ0n) is 15.1. The summed E-state index contributed by atoms with van der Waals surface area (Å²) in [5.41, 5.74) is 1.46. The lowest BCUT2D eigenvalue weighted by molar-refractivity contribution is -0.116. The second-order valence-corrected chi connectivity index (χ2v) is 7.15. The third-order valence-corrected chi connectivity index (χ3v) is 5.09. The Labute approximate surface area is 161 Å². The second-order valence-electron chi connectivity index (χ2n) is 6.27. The number of rotatable bonds is 9. The Hall–Kier alpha value is -2.61. The molecule has 0 unspecified atom stereocenters. The number of nitrogens with one attached hydrogen (secondary N) is 2. The van der Waals surface area contributed by atoms with Gasteiger partial charge in [0.1, 0.15) is 5.00 Å². The lowest BCUT2D eigenvalue weighted by Gasteiger charge is -2.08. The molecule has 0 saturated heterocycles. The molecule has 0 bridgehead atoms. The van der Waals surface area contributed by atoms with Crippen molar-refractivity contribution in [2.75, 3.05) is 18.5 Å². The van der Waals surface area contributed by atoms with Gasteiger partial charge in [-0.05, 0) is 55.2 Å². The Kier molecular flexibility index (Phi) is 6.28. The molecule has 2 amide bonds. The zero-order valence-corrected chi connectivity index (χ0v) is 15.9. The Morgan fingerprint density at radius 3 is 2.81 bits per heavy atom. The number of ether oxygens (including phenoxy) is 1. The molecule has 1 aliphatic carbocycles. The number of thiophene rings is 1. The van der Waals surface area contributed by atoms with Crippen molar-refractivity contribution < 1.29 is 23.5 Å². The molecule has 144 valence electrons. The van der Waals surface area contributed by atoms with E-state index >= 15 is 0 Å². The molecule has 3 rings (SSSR count). The average Bonchev–Trinajstić information content (AvgIpc) is 3.18. The predicted molar refractivity (Wildman–Crippen MR) is 101 cm³/mol. The number of furan rings is 1. The topological polar surface area (TPSA) is 97.6 Å². The van der Waals surface area contributed by atoms with Crippen LogP contribution >= 0.6 is 11.3 Å². The van der Waals surface area contributed by atoms with E-state index in [0.717, 1.165) is 18.4 Å². The third kappa shape index (κ3) is 4.97. The highest BCUT2D eigenvalue weighted by atomic mass is 32.1. The van der Waals surface area contributed by atoms with Gasteiger partial charge in [-0.2, -0.15) is 0 Å². The number of carbonyl (C=O) groups excluding carboxylic acids is 3. The SMILES string of the molecule is CCOC(=O)c1c(C2CC2)csc1NC(=O)CCCNC(=O)c1ccco1. The first kappa shape index (κ1) is 19.2. The minimum absolute atomic E-state index is 0.197. The van der Waals surface area contributed by atoms with Crippen molar-refractivity contribution in [1.29, 1.82) is 0 Å². The van der Waals surface area contributed by atoms with E-state index in [9.17, 15) is 14.4 Å². The fourth-order valence-electron chi connectivity index (χ4n) is 2.71. The minimum Gasteiger partial charge on any atom is -0.462 e. The summed E-state index contributed by atoms with van der Waals surface area (Å²) in [6, 6.07) is 3.22. The van der Waals surface area contributed by atoms with Crippen molar-refractivity contribution in [3.05, 3.63) is 40.7 Å². The van der Waals surface area contributed by atoms with Crippen molar-refractivity contribution in [2.24, 2.45) is 0 Å². The molecule has 7 nitrogen and oxygen atoms in total. The van der Waals surface area contributed by atoms with Gasteiger partial charge >= 0.3 is 5.97 Å². The number of hydrogen-bond acceptors (Lipinski definition) is 6. The fraction of sp³-hybridized carbons (Fsp3) is 0.421. The predicted octanol–water partition coefficient (Wildman–Crippen LogP) is 3.54. The molecule has 0 atom stereocenters. The molecule has 1 aliphatic rings. The molecule has 2 aromatic rings. The fourth-order valence-corrected chi connectivity index (χ4v) is 3.75. The lowest BCUT2D eigenvalue weighted by atomic mass is 10.1. The summed E-state index contributed by atoms with van der Waals surface area (Å²) in [7, 11) is 0. The molecular formula is C19H22N2O5S. The highest BCUT2D eigenvalue weighted by Gasteiger charge is 2.32. The maximum Gasteiger partial charge on any atom is 0.341 e. The van der Waals surface area contributed by atoms with Crippen LogP contribution in [0.15, 0.2) is 28.2 Å². The summed E-state index contributed by atoms with van der Waals surface area (Å²) in [5.74, 6) is -0.260. The van der Waals surface area contributed by atoms with E-state index in [4.69, 9.17) is 9.15 Å². The van der Waals surface area contributed by atoms with Crippen LogP contribution in [0.3, 0.4) is 0 Å². The summed E-state index contributed by atoms with van der Waals surface area (Å²) in [6.45, 7) is 2.41. The van der Waals surface area contributed by atoms with Crippen LogP contribution in [0.4, 0.5) is 5.00 Å². The molecular weight excluding hydrogens is 368 g/mol. The third-order valence-electron chi connectivity index (χ3n) is 4.18. The summed E-state index contributed by atoms with van der Waals surface area (Å²) in [4.78, 5) is 36.3. The molecule has 0 aliphatic heterocycles. The smallest absolute Gasteiger partial charge is 0.341 e. The summed E-state index contributed by atoms with van der Waals surface area (Å²) >= 11 is 1.35. The average molecular weight is 390 g/mol. The number of anilines is 1. The van der Waals surface area contributed by atoms with Crippen LogP contribution in [0.25, 0.3) is 0 Å². The van der Waals surface area contributed by atoms with Gasteiger partial charge in [0.15, 0.2) is 5.76 Å². The molecule has 0 aromatic carbocycles. The van der Waals surface area contributed by atoms with Crippen molar-refractivity contribution in [2.45, 2.75) is 38.5 Å². The molecule has 2 aromatic heterocycles. The van der Waals surface area contributed by atoms with Crippen LogP contribution < -0.4 is 10.6 Å². The van der Waals surface area contributed by atoms with E-state index in [1.54, 1.807) is 19.1 Å². The van der Waals surface area contributed by atoms with Gasteiger partial charge in [0.25, 0.3) is 5.91 Å². The van der Waals surface area contributed by atoms with Gasteiger partial charge in [-0.1, -0.05) is 0 Å². The van der Waals surface area contributed by atoms with Crippen LogP contribution in [-0.2, 0) is 9.53 Å². The lowest BCUT2D eigenvalue weighted by Crippen LogP contribution is -2.25. The molecule has 27 heavy (non-hydrogen) atoms. The van der Waals surface area contributed by atoms with Gasteiger partial charge < -0.3 is 19.8 Å². The molecule has 1 saturated carbocycles. The van der Waals surface area contributed by atoms with Gasteiger partial charge in [0.05, 0.1) is 18.4 Å². The normalized spacial score (nSPS) is 13.2. The second kappa shape index (κ2) is 8.85. The van der Waals surface area contributed by atoms with Crippen molar-refractivity contribution in [3.63, 3.8) is 0 Å². The van der Waals surface area contributed by atoms with Crippen molar-refractivity contribution in [3.8, 4) is 0 Å². The van der Waals surface area contributed by atoms with Crippen LogP contribution in [-0.4, -0.2) is 30.9 Å². The molecule has 8 heteroatoms. The molecule has 2 N–H and O–H groups in total. The molecule has 1 fully saturated rings. The first-order valence-electron chi connectivity index (χ1n) is 9.00. The van der Waals surface area contributed by atoms with Crippen molar-refractivity contribution >= 4 is 34.1 Å². The first-order valence-corrected chi connectivity index (χ1v) is 9.88. The standard InChI is InChI=1S/C19H22N2O5S/c1-2-25-19(24)16-13(12-7-8-12)11-27-18(16)21-15(22)6-3-9-20-17(23)14-5-4-10-26-14/h4-5,10-12H,2-3,6-9H2,1H3,(H,20,23)(H,21,22). The van der Waals surface area contributed by atoms with Gasteiger partial charge in [0.2, 0.25) is 5.91 Å². The van der Waals surface area contributed by atoms with E-state index in [0.29, 0.717) is 36.1 Å². The number of esters is 1. The molecule has 0 radical (unpaired) electrons. The van der Waals surface area contributed by atoms with E-state index in [2.05, 4.69) is 10.6 Å². The Morgan fingerprint density at radius 1 is 1.33 bits per heavy atom.